The number of aromatic nitrogens is 1. The number of halogens is 1. The molecule has 18 heavy (non-hydrogen) atoms. The summed E-state index contributed by atoms with van der Waals surface area (Å²) in [7, 11) is 0. The van der Waals surface area contributed by atoms with Gasteiger partial charge in [0.1, 0.15) is 11.9 Å². The lowest BCUT2D eigenvalue weighted by Gasteiger charge is -2.06. The van der Waals surface area contributed by atoms with Gasteiger partial charge in [-0.3, -0.25) is 4.98 Å². The minimum atomic E-state index is -0.503. The number of anilines is 1. The summed E-state index contributed by atoms with van der Waals surface area (Å²) in [6.07, 6.45) is 1.79. The van der Waals surface area contributed by atoms with Crippen molar-refractivity contribution in [3.63, 3.8) is 0 Å². The van der Waals surface area contributed by atoms with Gasteiger partial charge in [0.2, 0.25) is 0 Å². The lowest BCUT2D eigenvalue weighted by atomic mass is 10.2. The molecule has 1 heterocycles. The van der Waals surface area contributed by atoms with E-state index in [-0.39, 0.29) is 5.56 Å². The van der Waals surface area contributed by atoms with E-state index in [0.29, 0.717) is 12.2 Å². The molecule has 1 aromatic carbocycles. The Morgan fingerprint density at radius 1 is 1.33 bits per heavy atom. The van der Waals surface area contributed by atoms with Crippen molar-refractivity contribution in [1.29, 1.82) is 5.26 Å². The second-order valence-electron chi connectivity index (χ2n) is 3.99. The first kappa shape index (κ1) is 12.1. The second-order valence-corrected chi connectivity index (χ2v) is 3.99. The van der Waals surface area contributed by atoms with Crippen molar-refractivity contribution in [2.45, 2.75) is 13.5 Å². The van der Waals surface area contributed by atoms with Crippen molar-refractivity contribution < 1.29 is 4.39 Å². The number of nitrogens with one attached hydrogen (secondary N) is 1. The van der Waals surface area contributed by atoms with Crippen molar-refractivity contribution in [3.8, 4) is 6.07 Å². The normalized spacial score (nSPS) is 9.83. The molecule has 1 N–H and O–H groups in total. The predicted molar refractivity (Wildman–Crippen MR) is 67.4 cm³/mol. The number of pyridine rings is 1. The van der Waals surface area contributed by atoms with Gasteiger partial charge >= 0.3 is 0 Å². The number of rotatable bonds is 3. The van der Waals surface area contributed by atoms with E-state index in [2.05, 4.69) is 10.3 Å². The molecule has 0 radical (unpaired) electrons. The molecule has 4 heteroatoms. The van der Waals surface area contributed by atoms with E-state index >= 15 is 0 Å². The third-order valence-corrected chi connectivity index (χ3v) is 2.53. The summed E-state index contributed by atoms with van der Waals surface area (Å²) < 4.78 is 13.1. The molecule has 2 aromatic rings. The van der Waals surface area contributed by atoms with Gasteiger partial charge in [-0.25, -0.2) is 4.39 Å². The van der Waals surface area contributed by atoms with Crippen LogP contribution in [0.15, 0.2) is 36.5 Å². The molecule has 0 aliphatic rings. The number of hydrogen-bond donors (Lipinski definition) is 1. The number of benzene rings is 1. The minimum Gasteiger partial charge on any atom is -0.379 e. The highest BCUT2D eigenvalue weighted by Gasteiger charge is 2.02. The van der Waals surface area contributed by atoms with Crippen molar-refractivity contribution in [1.82, 2.24) is 4.98 Å². The highest BCUT2D eigenvalue weighted by molar-refractivity contribution is 5.49. The van der Waals surface area contributed by atoms with Crippen molar-refractivity contribution in [2.75, 3.05) is 5.32 Å². The fraction of sp³-hybridized carbons (Fsp3) is 0.143. The lowest BCUT2D eigenvalue weighted by molar-refractivity contribution is 0.624. The topological polar surface area (TPSA) is 48.7 Å². The molecule has 0 amide bonds. The monoisotopic (exact) mass is 241 g/mol. The standard InChI is InChI=1S/C14H12FN3/c1-10-2-3-13(17-8-10)9-18-12-4-5-14(15)11(6-12)7-16/h2-6,8,18H,9H2,1H3. The maximum Gasteiger partial charge on any atom is 0.141 e. The fourth-order valence-electron chi connectivity index (χ4n) is 1.52. The third kappa shape index (κ3) is 2.83. The lowest BCUT2D eigenvalue weighted by Crippen LogP contribution is -2.02. The predicted octanol–water partition coefficient (Wildman–Crippen LogP) is 3.01. The second kappa shape index (κ2) is 5.28. The summed E-state index contributed by atoms with van der Waals surface area (Å²) in [4.78, 5) is 4.25. The molecular weight excluding hydrogens is 229 g/mol. The van der Waals surface area contributed by atoms with Crippen LogP contribution in [-0.4, -0.2) is 4.98 Å². The van der Waals surface area contributed by atoms with Gasteiger partial charge in [-0.15, -0.1) is 0 Å². The van der Waals surface area contributed by atoms with E-state index in [9.17, 15) is 4.39 Å². The first-order chi connectivity index (χ1) is 8.69. The van der Waals surface area contributed by atoms with Gasteiger partial charge in [0.25, 0.3) is 0 Å². The maximum absolute atomic E-state index is 13.1. The summed E-state index contributed by atoms with van der Waals surface area (Å²) in [5, 5.41) is 11.8. The van der Waals surface area contributed by atoms with Crippen LogP contribution in [-0.2, 0) is 6.54 Å². The summed E-state index contributed by atoms with van der Waals surface area (Å²) in [6, 6.07) is 10.1. The molecule has 0 saturated carbocycles. The zero-order valence-corrected chi connectivity index (χ0v) is 9.94. The fourth-order valence-corrected chi connectivity index (χ4v) is 1.52. The average Bonchev–Trinajstić information content (AvgIpc) is 2.39. The van der Waals surface area contributed by atoms with Gasteiger partial charge in [-0.2, -0.15) is 5.26 Å². The van der Waals surface area contributed by atoms with E-state index in [1.807, 2.05) is 25.1 Å². The van der Waals surface area contributed by atoms with Gasteiger partial charge in [-0.05, 0) is 36.8 Å². The van der Waals surface area contributed by atoms with Gasteiger partial charge in [-0.1, -0.05) is 6.07 Å². The Morgan fingerprint density at radius 2 is 2.17 bits per heavy atom. The zero-order valence-electron chi connectivity index (χ0n) is 9.94. The molecule has 0 bridgehead atoms. The number of nitrogens with zero attached hydrogens (tertiary/aromatic N) is 2. The molecule has 3 nitrogen and oxygen atoms in total. The van der Waals surface area contributed by atoms with Crippen LogP contribution < -0.4 is 5.32 Å². The Morgan fingerprint density at radius 3 is 2.83 bits per heavy atom. The molecule has 0 aliphatic carbocycles. The smallest absolute Gasteiger partial charge is 0.141 e. The summed E-state index contributed by atoms with van der Waals surface area (Å²) >= 11 is 0. The number of aryl methyl sites for hydroxylation is 1. The molecule has 0 atom stereocenters. The van der Waals surface area contributed by atoms with Gasteiger partial charge in [0, 0.05) is 11.9 Å². The van der Waals surface area contributed by atoms with Crippen molar-refractivity contribution >= 4 is 5.69 Å². The van der Waals surface area contributed by atoms with Gasteiger partial charge < -0.3 is 5.32 Å². The largest absolute Gasteiger partial charge is 0.379 e. The Kier molecular flexibility index (Phi) is 3.54. The number of nitriles is 1. The average molecular weight is 241 g/mol. The molecule has 90 valence electrons. The molecule has 0 unspecified atom stereocenters. The van der Waals surface area contributed by atoms with Crippen LogP contribution in [0, 0.1) is 24.1 Å². The highest BCUT2D eigenvalue weighted by atomic mass is 19.1. The van der Waals surface area contributed by atoms with E-state index in [4.69, 9.17) is 5.26 Å². The Hall–Kier alpha value is -2.41. The highest BCUT2D eigenvalue weighted by Crippen LogP contribution is 2.14. The first-order valence-electron chi connectivity index (χ1n) is 5.54. The Balaban J connectivity index is 2.06. The zero-order chi connectivity index (χ0) is 13.0. The molecule has 0 aliphatic heterocycles. The first-order valence-corrected chi connectivity index (χ1v) is 5.54. The van der Waals surface area contributed by atoms with Gasteiger partial charge in [0.15, 0.2) is 0 Å². The summed E-state index contributed by atoms with van der Waals surface area (Å²) in [5.41, 5.74) is 2.74. The van der Waals surface area contributed by atoms with E-state index in [0.717, 1.165) is 11.3 Å². The summed E-state index contributed by atoms with van der Waals surface area (Å²) in [6.45, 7) is 2.51. The van der Waals surface area contributed by atoms with Crippen LogP contribution in [0.5, 0.6) is 0 Å². The maximum atomic E-state index is 13.1. The van der Waals surface area contributed by atoms with E-state index in [1.165, 1.54) is 12.1 Å². The van der Waals surface area contributed by atoms with Crippen LogP contribution in [0.3, 0.4) is 0 Å². The van der Waals surface area contributed by atoms with E-state index < -0.39 is 5.82 Å². The van der Waals surface area contributed by atoms with Crippen molar-refractivity contribution in [3.05, 3.63) is 59.2 Å². The quantitative estimate of drug-likeness (QED) is 0.898. The van der Waals surface area contributed by atoms with Crippen LogP contribution in [0.1, 0.15) is 16.8 Å². The summed E-state index contributed by atoms with van der Waals surface area (Å²) in [5.74, 6) is -0.503. The van der Waals surface area contributed by atoms with Crippen LogP contribution in [0.2, 0.25) is 0 Å². The van der Waals surface area contributed by atoms with Crippen molar-refractivity contribution in [2.24, 2.45) is 0 Å². The van der Waals surface area contributed by atoms with Gasteiger partial charge in [0.05, 0.1) is 17.8 Å². The molecule has 1 aromatic heterocycles. The van der Waals surface area contributed by atoms with Crippen LogP contribution in [0.4, 0.5) is 10.1 Å². The molecule has 0 fully saturated rings. The molecule has 0 spiro atoms. The van der Waals surface area contributed by atoms with Crippen LogP contribution in [0.25, 0.3) is 0 Å². The molecule has 2 rings (SSSR count). The number of hydrogen-bond acceptors (Lipinski definition) is 3. The minimum absolute atomic E-state index is 0.0388. The molecular formula is C14H12FN3. The SMILES string of the molecule is Cc1ccc(CNc2ccc(F)c(C#N)c2)nc1. The third-order valence-electron chi connectivity index (χ3n) is 2.53. The Labute approximate surface area is 105 Å². The van der Waals surface area contributed by atoms with E-state index in [1.54, 1.807) is 12.3 Å². The molecule has 0 saturated heterocycles. The van der Waals surface area contributed by atoms with Crippen LogP contribution >= 0.6 is 0 Å². The Bertz CT molecular complexity index is 585.